The zero-order valence-electron chi connectivity index (χ0n) is 12.8. The summed E-state index contributed by atoms with van der Waals surface area (Å²) in [4.78, 5) is 0. The molecule has 1 aromatic carbocycles. The van der Waals surface area contributed by atoms with E-state index in [-0.39, 0.29) is 18.2 Å². The first-order valence-corrected chi connectivity index (χ1v) is 9.05. The number of benzene rings is 1. The fourth-order valence-corrected chi connectivity index (χ4v) is 4.22. The number of hydrogen-bond acceptors (Lipinski definition) is 3. The van der Waals surface area contributed by atoms with Gasteiger partial charge in [0.15, 0.2) is 0 Å². The zero-order chi connectivity index (χ0) is 15.3. The van der Waals surface area contributed by atoms with E-state index >= 15 is 0 Å². The predicted molar refractivity (Wildman–Crippen MR) is 89.1 cm³/mol. The van der Waals surface area contributed by atoms with Crippen molar-refractivity contribution in [3.63, 3.8) is 0 Å². The Morgan fingerprint density at radius 3 is 2.59 bits per heavy atom. The third-order valence-corrected chi connectivity index (χ3v) is 5.74. The van der Waals surface area contributed by atoms with Gasteiger partial charge in [-0.15, -0.1) is 12.4 Å². The normalized spacial score (nSPS) is 17.2. The van der Waals surface area contributed by atoms with Crippen LogP contribution in [0.1, 0.15) is 25.3 Å². The minimum atomic E-state index is -3.35. The lowest BCUT2D eigenvalue weighted by molar-refractivity contribution is 0.268. The number of hydrogen-bond donors (Lipinski definition) is 1. The van der Waals surface area contributed by atoms with Crippen LogP contribution in [0.5, 0.6) is 0 Å². The van der Waals surface area contributed by atoms with Gasteiger partial charge in [-0.05, 0) is 49.5 Å². The Balaban J connectivity index is 0.00000242. The lowest BCUT2D eigenvalue weighted by Crippen LogP contribution is -2.41. The van der Waals surface area contributed by atoms with Crippen molar-refractivity contribution in [2.45, 2.75) is 25.5 Å². The van der Waals surface area contributed by atoms with Crippen LogP contribution in [0.3, 0.4) is 0 Å². The van der Waals surface area contributed by atoms with Crippen molar-refractivity contribution in [3.05, 3.63) is 35.6 Å². The molecule has 0 aromatic heterocycles. The molecule has 0 saturated carbocycles. The molecule has 0 atom stereocenters. The lowest BCUT2D eigenvalue weighted by Gasteiger charge is -2.31. The van der Waals surface area contributed by atoms with Crippen LogP contribution in [-0.4, -0.2) is 38.9 Å². The summed E-state index contributed by atoms with van der Waals surface area (Å²) in [5.74, 6) is 0.0282. The van der Waals surface area contributed by atoms with Crippen molar-refractivity contribution in [1.29, 1.82) is 0 Å². The van der Waals surface area contributed by atoms with Crippen molar-refractivity contribution in [3.8, 4) is 0 Å². The summed E-state index contributed by atoms with van der Waals surface area (Å²) >= 11 is 0. The van der Waals surface area contributed by atoms with Crippen LogP contribution in [-0.2, 0) is 15.8 Å². The summed E-state index contributed by atoms with van der Waals surface area (Å²) in [5, 5.41) is 3.31. The van der Waals surface area contributed by atoms with Crippen molar-refractivity contribution in [2.75, 3.05) is 26.2 Å². The van der Waals surface area contributed by atoms with Crippen LogP contribution in [0.15, 0.2) is 24.3 Å². The minimum absolute atomic E-state index is 0. The van der Waals surface area contributed by atoms with Gasteiger partial charge in [-0.3, -0.25) is 0 Å². The average molecular weight is 351 g/mol. The topological polar surface area (TPSA) is 49.4 Å². The van der Waals surface area contributed by atoms with Crippen LogP contribution in [0.4, 0.5) is 4.39 Å². The molecule has 0 unspecified atom stereocenters. The van der Waals surface area contributed by atoms with Crippen LogP contribution < -0.4 is 5.32 Å². The van der Waals surface area contributed by atoms with Crippen LogP contribution in [0.25, 0.3) is 0 Å². The molecular formula is C15H24ClFN2O2S. The second-order valence-electron chi connectivity index (χ2n) is 5.54. The molecule has 1 heterocycles. The molecule has 126 valence electrons. The van der Waals surface area contributed by atoms with Gasteiger partial charge in [-0.25, -0.2) is 17.1 Å². The van der Waals surface area contributed by atoms with Gasteiger partial charge in [0.1, 0.15) is 5.82 Å². The number of nitrogens with one attached hydrogen (secondary N) is 1. The molecule has 0 bridgehead atoms. The van der Waals surface area contributed by atoms with E-state index in [9.17, 15) is 12.8 Å². The molecule has 7 heteroatoms. The van der Waals surface area contributed by atoms with Gasteiger partial charge in [0.2, 0.25) is 10.0 Å². The molecule has 1 N–H and O–H groups in total. The Kier molecular flexibility index (Phi) is 7.76. The zero-order valence-corrected chi connectivity index (χ0v) is 14.4. The third kappa shape index (κ3) is 5.50. The second-order valence-corrected chi connectivity index (χ2v) is 7.51. The highest BCUT2D eigenvalue weighted by atomic mass is 35.5. The minimum Gasteiger partial charge on any atom is -0.317 e. The molecular weight excluding hydrogens is 327 g/mol. The molecule has 1 fully saturated rings. The van der Waals surface area contributed by atoms with E-state index in [2.05, 4.69) is 12.2 Å². The second kappa shape index (κ2) is 8.82. The van der Waals surface area contributed by atoms with Gasteiger partial charge >= 0.3 is 0 Å². The van der Waals surface area contributed by atoms with Crippen LogP contribution >= 0.6 is 12.4 Å². The predicted octanol–water partition coefficient (Wildman–Crippen LogP) is 2.40. The largest absolute Gasteiger partial charge is 0.317 e. The average Bonchev–Trinajstić information content (AvgIpc) is 2.45. The van der Waals surface area contributed by atoms with Gasteiger partial charge in [0, 0.05) is 13.1 Å². The number of halogens is 2. The van der Waals surface area contributed by atoms with Gasteiger partial charge < -0.3 is 5.32 Å². The molecule has 22 heavy (non-hydrogen) atoms. The first-order valence-electron chi connectivity index (χ1n) is 7.44. The van der Waals surface area contributed by atoms with Crippen molar-refractivity contribution < 1.29 is 12.8 Å². The highest BCUT2D eigenvalue weighted by molar-refractivity contribution is 7.88. The fraction of sp³-hybridized carbons (Fsp3) is 0.600. The first-order chi connectivity index (χ1) is 10.0. The maximum absolute atomic E-state index is 13.1. The standard InChI is InChI=1S/C15H23FN2O2S.ClH/c1-2-17-11-13-6-8-18(9-7-13)21(19,20)12-14-4-3-5-15(16)10-14;/h3-5,10,13,17H,2,6-9,11-12H2,1H3;1H. The van der Waals surface area contributed by atoms with E-state index in [0.29, 0.717) is 24.6 Å². The Bertz CT molecular complexity index is 560. The Hall–Kier alpha value is -0.690. The van der Waals surface area contributed by atoms with Crippen molar-refractivity contribution in [2.24, 2.45) is 5.92 Å². The van der Waals surface area contributed by atoms with E-state index in [1.54, 1.807) is 16.4 Å². The van der Waals surface area contributed by atoms with Gasteiger partial charge in [0.05, 0.1) is 5.75 Å². The van der Waals surface area contributed by atoms with Gasteiger partial charge in [-0.2, -0.15) is 0 Å². The molecule has 1 saturated heterocycles. The van der Waals surface area contributed by atoms with E-state index in [4.69, 9.17) is 0 Å². The highest BCUT2D eigenvalue weighted by Gasteiger charge is 2.27. The summed E-state index contributed by atoms with van der Waals surface area (Å²) in [6, 6.07) is 5.80. The maximum Gasteiger partial charge on any atom is 0.218 e. The number of rotatable bonds is 6. The SMILES string of the molecule is CCNCC1CCN(S(=O)(=O)Cc2cccc(F)c2)CC1.Cl. The molecule has 2 rings (SSSR count). The highest BCUT2D eigenvalue weighted by Crippen LogP contribution is 2.21. The van der Waals surface area contributed by atoms with Crippen LogP contribution in [0.2, 0.25) is 0 Å². The van der Waals surface area contributed by atoms with Crippen molar-refractivity contribution >= 4 is 22.4 Å². The quantitative estimate of drug-likeness (QED) is 0.857. The number of nitrogens with zero attached hydrogens (tertiary/aromatic N) is 1. The third-order valence-electron chi connectivity index (χ3n) is 3.89. The van der Waals surface area contributed by atoms with E-state index in [1.807, 2.05) is 0 Å². The molecule has 0 aliphatic carbocycles. The van der Waals surface area contributed by atoms with E-state index in [0.717, 1.165) is 25.9 Å². The number of sulfonamides is 1. The maximum atomic E-state index is 13.1. The van der Waals surface area contributed by atoms with Gasteiger partial charge in [-0.1, -0.05) is 19.1 Å². The van der Waals surface area contributed by atoms with Crippen LogP contribution in [0, 0.1) is 11.7 Å². The van der Waals surface area contributed by atoms with E-state index in [1.165, 1.54) is 12.1 Å². The molecule has 0 amide bonds. The Morgan fingerprint density at radius 1 is 1.32 bits per heavy atom. The lowest BCUT2D eigenvalue weighted by atomic mass is 9.98. The summed E-state index contributed by atoms with van der Waals surface area (Å²) in [6.45, 7) is 5.09. The Morgan fingerprint density at radius 2 is 2.00 bits per heavy atom. The number of piperidine rings is 1. The molecule has 0 radical (unpaired) electrons. The molecule has 0 spiro atoms. The van der Waals surface area contributed by atoms with E-state index < -0.39 is 15.8 Å². The summed E-state index contributed by atoms with van der Waals surface area (Å²) in [7, 11) is -3.35. The first kappa shape index (κ1) is 19.4. The Labute approximate surface area is 138 Å². The molecule has 1 aliphatic rings. The summed E-state index contributed by atoms with van der Waals surface area (Å²) in [5.41, 5.74) is 0.504. The monoisotopic (exact) mass is 350 g/mol. The smallest absolute Gasteiger partial charge is 0.218 e. The van der Waals surface area contributed by atoms with Gasteiger partial charge in [0.25, 0.3) is 0 Å². The fourth-order valence-electron chi connectivity index (χ4n) is 2.67. The molecule has 4 nitrogen and oxygen atoms in total. The molecule has 1 aromatic rings. The summed E-state index contributed by atoms with van der Waals surface area (Å²) in [6.07, 6.45) is 1.77. The molecule has 1 aliphatic heterocycles. The summed E-state index contributed by atoms with van der Waals surface area (Å²) < 4.78 is 39.4. The van der Waals surface area contributed by atoms with Crippen molar-refractivity contribution in [1.82, 2.24) is 9.62 Å².